The Morgan fingerprint density at radius 3 is 2.88 bits per heavy atom. The summed E-state index contributed by atoms with van der Waals surface area (Å²) in [4.78, 5) is 14.5. The Labute approximate surface area is 152 Å². The summed E-state index contributed by atoms with van der Waals surface area (Å²) in [6.45, 7) is 0.477. The third kappa shape index (κ3) is 2.06. The Kier molecular flexibility index (Phi) is 3.03. The van der Waals surface area contributed by atoms with Crippen molar-refractivity contribution in [1.82, 2.24) is 4.90 Å². The Balaban J connectivity index is 1.70. The van der Waals surface area contributed by atoms with Gasteiger partial charge in [-0.2, -0.15) is 0 Å². The molecule has 0 bridgehead atoms. The summed E-state index contributed by atoms with van der Waals surface area (Å²) in [5, 5.41) is 11.3. The number of benzene rings is 2. The number of phenolic OH excluding ortho intramolecular Hbond substituents is 1. The first kappa shape index (κ1) is 14.9. The van der Waals surface area contributed by atoms with Gasteiger partial charge in [-0.05, 0) is 36.8 Å². The molecule has 0 saturated carbocycles. The second-order valence-electron chi connectivity index (χ2n) is 6.11. The number of halogens is 2. The number of amides is 1. The van der Waals surface area contributed by atoms with Gasteiger partial charge in [0.25, 0.3) is 5.91 Å². The topological polar surface area (TPSA) is 62.9 Å². The van der Waals surface area contributed by atoms with E-state index in [1.807, 2.05) is 0 Å². The first-order chi connectivity index (χ1) is 12.0. The van der Waals surface area contributed by atoms with E-state index < -0.39 is 6.23 Å². The van der Waals surface area contributed by atoms with Crippen molar-refractivity contribution in [3.05, 3.63) is 57.3 Å². The van der Waals surface area contributed by atoms with Crippen LogP contribution in [0, 0.1) is 0 Å². The van der Waals surface area contributed by atoms with Crippen molar-refractivity contribution in [2.45, 2.75) is 12.6 Å². The number of furan rings is 1. The molecule has 5 nitrogen and oxygen atoms in total. The van der Waals surface area contributed by atoms with Gasteiger partial charge in [-0.25, -0.2) is 0 Å². The number of carbonyl (C=O) groups is 1. The zero-order chi connectivity index (χ0) is 17.3. The molecule has 3 aromatic rings. The largest absolute Gasteiger partial charge is 0.508 e. The molecule has 0 aliphatic carbocycles. The third-order valence-electron chi connectivity index (χ3n) is 4.64. The van der Waals surface area contributed by atoms with Crippen molar-refractivity contribution < 1.29 is 19.1 Å². The van der Waals surface area contributed by atoms with E-state index in [1.54, 1.807) is 35.2 Å². The van der Waals surface area contributed by atoms with Crippen molar-refractivity contribution in [1.29, 1.82) is 0 Å². The van der Waals surface area contributed by atoms with Crippen LogP contribution in [0.3, 0.4) is 0 Å². The summed E-state index contributed by atoms with van der Waals surface area (Å²) >= 11 is 12.2. The lowest BCUT2D eigenvalue weighted by molar-refractivity contribution is -0.00662. The van der Waals surface area contributed by atoms with Gasteiger partial charge in [0.2, 0.25) is 6.23 Å². The van der Waals surface area contributed by atoms with Crippen LogP contribution in [0.5, 0.6) is 11.5 Å². The SMILES string of the molecule is O=C1c2cc(Cl)cc(Cl)c2OC2c3oc4ccc(O)cc4c3CCN12. The molecule has 0 saturated heterocycles. The van der Waals surface area contributed by atoms with Crippen LogP contribution in [0.15, 0.2) is 34.7 Å². The number of hydrogen-bond acceptors (Lipinski definition) is 4. The van der Waals surface area contributed by atoms with E-state index in [4.69, 9.17) is 32.4 Å². The number of aromatic hydroxyl groups is 1. The second-order valence-corrected chi connectivity index (χ2v) is 6.95. The number of fused-ring (bicyclic) bond motifs is 6. The minimum atomic E-state index is -0.683. The summed E-state index contributed by atoms with van der Waals surface area (Å²) in [5.74, 6) is 0.858. The van der Waals surface area contributed by atoms with Crippen molar-refractivity contribution in [2.75, 3.05) is 6.54 Å². The van der Waals surface area contributed by atoms with Gasteiger partial charge >= 0.3 is 0 Å². The zero-order valence-electron chi connectivity index (χ0n) is 12.8. The number of phenols is 1. The molecule has 1 atom stereocenters. The minimum absolute atomic E-state index is 0.169. The molecule has 126 valence electrons. The van der Waals surface area contributed by atoms with E-state index in [0.717, 1.165) is 10.9 Å². The summed E-state index contributed by atoms with van der Waals surface area (Å²) in [6, 6.07) is 8.05. The van der Waals surface area contributed by atoms with E-state index in [9.17, 15) is 9.90 Å². The van der Waals surface area contributed by atoms with Gasteiger partial charge in [0.05, 0.1) is 10.6 Å². The Morgan fingerprint density at radius 1 is 1.20 bits per heavy atom. The number of ether oxygens (including phenoxy) is 1. The molecule has 1 unspecified atom stereocenters. The van der Waals surface area contributed by atoms with Crippen LogP contribution >= 0.6 is 23.2 Å². The summed E-state index contributed by atoms with van der Waals surface area (Å²) < 4.78 is 12.0. The van der Waals surface area contributed by atoms with E-state index >= 15 is 0 Å². The van der Waals surface area contributed by atoms with Crippen molar-refractivity contribution >= 4 is 40.1 Å². The molecular formula is C18H11Cl2NO4. The molecule has 1 N–H and O–H groups in total. The smallest absolute Gasteiger partial charge is 0.260 e. The summed E-state index contributed by atoms with van der Waals surface area (Å²) in [6.07, 6.45) is -0.0712. The van der Waals surface area contributed by atoms with Crippen LogP contribution in [0.25, 0.3) is 11.0 Å². The Morgan fingerprint density at radius 2 is 2.04 bits per heavy atom. The fourth-order valence-electron chi connectivity index (χ4n) is 3.53. The third-order valence-corrected chi connectivity index (χ3v) is 5.14. The highest BCUT2D eigenvalue weighted by Gasteiger charge is 2.42. The molecular weight excluding hydrogens is 365 g/mol. The van der Waals surface area contributed by atoms with E-state index in [1.165, 1.54) is 0 Å². The maximum Gasteiger partial charge on any atom is 0.260 e. The number of carbonyl (C=O) groups excluding carboxylic acids is 1. The molecule has 0 fully saturated rings. The second kappa shape index (κ2) is 5.07. The number of nitrogens with zero attached hydrogens (tertiary/aromatic N) is 1. The van der Waals surface area contributed by atoms with E-state index in [-0.39, 0.29) is 16.7 Å². The minimum Gasteiger partial charge on any atom is -0.508 e. The first-order valence-electron chi connectivity index (χ1n) is 7.74. The molecule has 2 aliphatic heterocycles. The fourth-order valence-corrected chi connectivity index (χ4v) is 4.07. The van der Waals surface area contributed by atoms with Gasteiger partial charge in [0.15, 0.2) is 11.5 Å². The average molecular weight is 376 g/mol. The zero-order valence-corrected chi connectivity index (χ0v) is 14.3. The summed E-state index contributed by atoms with van der Waals surface area (Å²) in [7, 11) is 0. The molecule has 25 heavy (non-hydrogen) atoms. The van der Waals surface area contributed by atoms with Crippen LogP contribution < -0.4 is 4.74 Å². The lowest BCUT2D eigenvalue weighted by atomic mass is 9.99. The maximum absolute atomic E-state index is 12.9. The van der Waals surface area contributed by atoms with Crippen molar-refractivity contribution in [3.63, 3.8) is 0 Å². The van der Waals surface area contributed by atoms with Crippen LogP contribution in [-0.4, -0.2) is 22.5 Å². The van der Waals surface area contributed by atoms with E-state index in [0.29, 0.717) is 40.6 Å². The van der Waals surface area contributed by atoms with Gasteiger partial charge in [-0.1, -0.05) is 23.2 Å². The molecule has 3 heterocycles. The molecule has 0 spiro atoms. The molecule has 2 aliphatic rings. The quantitative estimate of drug-likeness (QED) is 0.626. The highest BCUT2D eigenvalue weighted by molar-refractivity contribution is 6.36. The molecule has 7 heteroatoms. The molecule has 2 aromatic carbocycles. The van der Waals surface area contributed by atoms with E-state index in [2.05, 4.69) is 0 Å². The average Bonchev–Trinajstić information content (AvgIpc) is 2.94. The predicted molar refractivity (Wildman–Crippen MR) is 92.5 cm³/mol. The lowest BCUT2D eigenvalue weighted by Crippen LogP contribution is -2.45. The monoisotopic (exact) mass is 375 g/mol. The molecule has 5 rings (SSSR count). The predicted octanol–water partition coefficient (Wildman–Crippen LogP) is 4.53. The standard InChI is InChI=1S/C18H11Cl2NO4/c19-8-5-12-15(13(20)6-8)25-18-16-10(3-4-21(18)17(12)23)11-7-9(22)1-2-14(11)24-16/h1-2,5-7,18,22H,3-4H2. The summed E-state index contributed by atoms with van der Waals surface area (Å²) in [5.41, 5.74) is 1.94. The maximum atomic E-state index is 12.9. The number of rotatable bonds is 0. The lowest BCUT2D eigenvalue weighted by Gasteiger charge is -2.38. The normalized spacial score (nSPS) is 18.6. The number of hydrogen-bond donors (Lipinski definition) is 1. The van der Waals surface area contributed by atoms with Crippen LogP contribution in [0.4, 0.5) is 0 Å². The highest BCUT2D eigenvalue weighted by atomic mass is 35.5. The van der Waals surface area contributed by atoms with Crippen LogP contribution in [0.1, 0.15) is 27.9 Å². The fraction of sp³-hybridized carbons (Fsp3) is 0.167. The van der Waals surface area contributed by atoms with Crippen molar-refractivity contribution in [3.8, 4) is 11.5 Å². The molecule has 0 radical (unpaired) electrons. The Bertz CT molecular complexity index is 1060. The van der Waals surface area contributed by atoms with Gasteiger partial charge in [0, 0.05) is 22.5 Å². The van der Waals surface area contributed by atoms with Gasteiger partial charge in [0.1, 0.15) is 11.3 Å². The highest BCUT2D eigenvalue weighted by Crippen LogP contribution is 2.46. The van der Waals surface area contributed by atoms with Gasteiger partial charge in [-0.15, -0.1) is 0 Å². The first-order valence-corrected chi connectivity index (χ1v) is 8.49. The van der Waals surface area contributed by atoms with Crippen LogP contribution in [0.2, 0.25) is 10.0 Å². The molecule has 1 aromatic heterocycles. The Hall–Kier alpha value is -2.37. The van der Waals surface area contributed by atoms with Crippen molar-refractivity contribution in [2.24, 2.45) is 0 Å². The molecule has 1 amide bonds. The van der Waals surface area contributed by atoms with Gasteiger partial charge in [-0.3, -0.25) is 9.69 Å². The van der Waals surface area contributed by atoms with Gasteiger partial charge < -0.3 is 14.3 Å². The van der Waals surface area contributed by atoms with Crippen LogP contribution in [-0.2, 0) is 6.42 Å².